The third-order valence-corrected chi connectivity index (χ3v) is 4.85. The van der Waals surface area contributed by atoms with Crippen LogP contribution in [0.2, 0.25) is 0 Å². The van der Waals surface area contributed by atoms with E-state index in [0.717, 1.165) is 11.1 Å². The molecule has 1 rings (SSSR count). The molecule has 2 N–H and O–H groups in total. The average Bonchev–Trinajstić information content (AvgIpc) is 2.76. The van der Waals surface area contributed by atoms with Crippen LogP contribution >= 0.6 is 0 Å². The molecule has 0 aromatic rings. The second kappa shape index (κ2) is 8.58. The van der Waals surface area contributed by atoms with Crippen LogP contribution in [0.15, 0.2) is 34.6 Å². The van der Waals surface area contributed by atoms with Gasteiger partial charge in [0.05, 0.1) is 5.92 Å². The molecular weight excluding hydrogens is 332 g/mol. The summed E-state index contributed by atoms with van der Waals surface area (Å²) in [7, 11) is 0. The van der Waals surface area contributed by atoms with Gasteiger partial charge in [0.15, 0.2) is 23.0 Å². The number of carbonyl (C=O) groups excluding carboxylic acids is 3. The van der Waals surface area contributed by atoms with E-state index in [-0.39, 0.29) is 12.8 Å². The number of hydrogen-bond donors (Lipinski definition) is 2. The standard InChI is InChI=1S/C21H30O5/c1-7-14(6)18(23)17-19(24)15(10-8-12(2)3)21(26,20(17)25)16(22)11-9-13(4)5/h8-9,14-15,25-26H,7,10-11H2,1-6H3/t14?,15-,21+/m1/s1. The van der Waals surface area contributed by atoms with Crippen LogP contribution in [0, 0.1) is 11.8 Å². The van der Waals surface area contributed by atoms with Gasteiger partial charge in [-0.25, -0.2) is 0 Å². The van der Waals surface area contributed by atoms with Crippen LogP contribution in [0.3, 0.4) is 0 Å². The van der Waals surface area contributed by atoms with E-state index in [1.165, 1.54) is 0 Å². The van der Waals surface area contributed by atoms with Crippen LogP contribution in [-0.4, -0.2) is 33.2 Å². The molecule has 0 heterocycles. The monoisotopic (exact) mass is 362 g/mol. The maximum absolute atomic E-state index is 12.9. The molecule has 5 heteroatoms. The summed E-state index contributed by atoms with van der Waals surface area (Å²) >= 11 is 0. The smallest absolute Gasteiger partial charge is 0.191 e. The predicted molar refractivity (Wildman–Crippen MR) is 101 cm³/mol. The summed E-state index contributed by atoms with van der Waals surface area (Å²) in [5, 5.41) is 21.7. The van der Waals surface area contributed by atoms with Gasteiger partial charge in [-0.05, 0) is 40.5 Å². The van der Waals surface area contributed by atoms with E-state index in [9.17, 15) is 24.6 Å². The van der Waals surface area contributed by atoms with Gasteiger partial charge in [0, 0.05) is 12.3 Å². The van der Waals surface area contributed by atoms with Gasteiger partial charge in [-0.1, -0.05) is 37.1 Å². The van der Waals surface area contributed by atoms with Crippen LogP contribution in [0.5, 0.6) is 0 Å². The van der Waals surface area contributed by atoms with Gasteiger partial charge < -0.3 is 10.2 Å². The first-order chi connectivity index (χ1) is 12.0. The molecule has 144 valence electrons. The molecule has 1 aliphatic carbocycles. The first-order valence-corrected chi connectivity index (χ1v) is 9.02. The zero-order valence-corrected chi connectivity index (χ0v) is 16.5. The third kappa shape index (κ3) is 4.21. The Morgan fingerprint density at radius 1 is 1.15 bits per heavy atom. The Bertz CT molecular complexity index is 687. The second-order valence-electron chi connectivity index (χ2n) is 7.51. The quantitative estimate of drug-likeness (QED) is 0.508. The molecule has 0 bridgehead atoms. The maximum atomic E-state index is 12.9. The number of carbonyl (C=O) groups is 3. The minimum absolute atomic E-state index is 0.0829. The first kappa shape index (κ1) is 22.0. The lowest BCUT2D eigenvalue weighted by Gasteiger charge is -2.27. The summed E-state index contributed by atoms with van der Waals surface area (Å²) in [5.41, 5.74) is -0.975. The molecule has 1 unspecified atom stereocenters. The van der Waals surface area contributed by atoms with Crippen molar-refractivity contribution in [3.8, 4) is 0 Å². The van der Waals surface area contributed by atoms with Gasteiger partial charge in [0.2, 0.25) is 0 Å². The fourth-order valence-electron chi connectivity index (χ4n) is 2.92. The molecule has 0 saturated heterocycles. The van der Waals surface area contributed by atoms with Crippen molar-refractivity contribution >= 4 is 17.3 Å². The minimum atomic E-state index is -2.35. The van der Waals surface area contributed by atoms with Gasteiger partial charge in [-0.2, -0.15) is 0 Å². The van der Waals surface area contributed by atoms with E-state index < -0.39 is 46.1 Å². The molecule has 0 aliphatic heterocycles. The largest absolute Gasteiger partial charge is 0.508 e. The Kier molecular flexibility index (Phi) is 7.27. The third-order valence-electron chi connectivity index (χ3n) is 4.85. The maximum Gasteiger partial charge on any atom is 0.191 e. The summed E-state index contributed by atoms with van der Waals surface area (Å²) in [6.07, 6.45) is 3.81. The van der Waals surface area contributed by atoms with E-state index in [4.69, 9.17) is 0 Å². The molecule has 26 heavy (non-hydrogen) atoms. The summed E-state index contributed by atoms with van der Waals surface area (Å²) in [6.45, 7) is 10.7. The second-order valence-corrected chi connectivity index (χ2v) is 7.51. The van der Waals surface area contributed by atoms with E-state index in [1.54, 1.807) is 26.0 Å². The number of hydrogen-bond acceptors (Lipinski definition) is 5. The van der Waals surface area contributed by atoms with E-state index in [0.29, 0.717) is 6.42 Å². The van der Waals surface area contributed by atoms with Crippen LogP contribution in [0.25, 0.3) is 0 Å². The van der Waals surface area contributed by atoms with E-state index >= 15 is 0 Å². The van der Waals surface area contributed by atoms with Crippen molar-refractivity contribution in [1.29, 1.82) is 0 Å². The minimum Gasteiger partial charge on any atom is -0.508 e. The van der Waals surface area contributed by atoms with Gasteiger partial charge in [-0.3, -0.25) is 14.4 Å². The molecular formula is C21H30O5. The number of allylic oxidation sites excluding steroid dienone is 5. The number of rotatable bonds is 8. The Balaban J connectivity index is 3.45. The zero-order chi connectivity index (χ0) is 20.2. The lowest BCUT2D eigenvalue weighted by molar-refractivity contribution is -0.144. The Hall–Kier alpha value is -2.01. The molecule has 0 saturated carbocycles. The summed E-state index contributed by atoms with van der Waals surface area (Å²) in [5.74, 6) is -4.30. The molecule has 1 aliphatic rings. The molecule has 5 nitrogen and oxygen atoms in total. The topological polar surface area (TPSA) is 91.7 Å². The van der Waals surface area contributed by atoms with Crippen molar-refractivity contribution < 1.29 is 24.6 Å². The highest BCUT2D eigenvalue weighted by Crippen LogP contribution is 2.42. The average molecular weight is 362 g/mol. The Labute approximate surface area is 155 Å². The molecule has 3 atom stereocenters. The SMILES string of the molecule is CCC(C)C(=O)C1=C(O)[C@@](O)(C(=O)CC=C(C)C)[C@H](CC=C(C)C)C1=O. The molecule has 0 aromatic heterocycles. The van der Waals surface area contributed by atoms with Gasteiger partial charge in [0.25, 0.3) is 0 Å². The lowest BCUT2D eigenvalue weighted by atomic mass is 9.81. The molecule has 0 fully saturated rings. The van der Waals surface area contributed by atoms with Crippen LogP contribution < -0.4 is 0 Å². The van der Waals surface area contributed by atoms with Crippen molar-refractivity contribution in [2.75, 3.05) is 0 Å². The van der Waals surface area contributed by atoms with Crippen molar-refractivity contribution in [3.05, 3.63) is 34.6 Å². The van der Waals surface area contributed by atoms with Gasteiger partial charge in [0.1, 0.15) is 11.3 Å². The Morgan fingerprint density at radius 3 is 2.15 bits per heavy atom. The number of Topliss-reactive ketones (excluding diaryl/α,β-unsaturated/α-hetero) is 3. The normalized spacial score (nSPS) is 23.7. The van der Waals surface area contributed by atoms with Crippen LogP contribution in [-0.2, 0) is 14.4 Å². The van der Waals surface area contributed by atoms with Gasteiger partial charge in [-0.15, -0.1) is 0 Å². The van der Waals surface area contributed by atoms with Crippen molar-refractivity contribution in [2.24, 2.45) is 11.8 Å². The number of ketones is 3. The summed E-state index contributed by atoms with van der Waals surface area (Å²) < 4.78 is 0. The lowest BCUT2D eigenvalue weighted by Crippen LogP contribution is -2.46. The van der Waals surface area contributed by atoms with Crippen LogP contribution in [0.4, 0.5) is 0 Å². The predicted octanol–water partition coefficient (Wildman–Crippen LogP) is 3.63. The molecule has 0 spiro atoms. The highest BCUT2D eigenvalue weighted by atomic mass is 16.3. The van der Waals surface area contributed by atoms with E-state index in [1.807, 2.05) is 27.7 Å². The Morgan fingerprint density at radius 2 is 1.69 bits per heavy atom. The van der Waals surface area contributed by atoms with Crippen molar-refractivity contribution in [2.45, 2.75) is 66.4 Å². The molecule has 0 amide bonds. The number of aliphatic hydroxyl groups is 2. The summed E-state index contributed by atoms with van der Waals surface area (Å²) in [4.78, 5) is 38.1. The fourth-order valence-corrected chi connectivity index (χ4v) is 2.92. The van der Waals surface area contributed by atoms with Crippen molar-refractivity contribution in [1.82, 2.24) is 0 Å². The van der Waals surface area contributed by atoms with Gasteiger partial charge >= 0.3 is 0 Å². The highest BCUT2D eigenvalue weighted by Gasteiger charge is 2.58. The first-order valence-electron chi connectivity index (χ1n) is 9.02. The van der Waals surface area contributed by atoms with E-state index in [2.05, 4.69) is 0 Å². The summed E-state index contributed by atoms with van der Waals surface area (Å²) in [6, 6.07) is 0. The zero-order valence-electron chi connectivity index (χ0n) is 16.5. The van der Waals surface area contributed by atoms with Crippen LogP contribution in [0.1, 0.15) is 60.8 Å². The molecule has 0 radical (unpaired) electrons. The number of aliphatic hydroxyl groups excluding tert-OH is 1. The highest BCUT2D eigenvalue weighted by molar-refractivity contribution is 6.26. The fraction of sp³-hybridized carbons (Fsp3) is 0.571. The van der Waals surface area contributed by atoms with Crippen molar-refractivity contribution in [3.63, 3.8) is 0 Å². The molecule has 0 aromatic carbocycles.